The third-order valence-corrected chi connectivity index (χ3v) is 7.52. The lowest BCUT2D eigenvalue weighted by atomic mass is 10.1. The average molecular weight is 553 g/mol. The zero-order valence-corrected chi connectivity index (χ0v) is 22.5. The van der Waals surface area contributed by atoms with Gasteiger partial charge in [0.1, 0.15) is 17.2 Å². The molecule has 0 bridgehead atoms. The van der Waals surface area contributed by atoms with Gasteiger partial charge in [-0.1, -0.05) is 65.9 Å². The first-order chi connectivity index (χ1) is 19.4. The van der Waals surface area contributed by atoms with Crippen molar-refractivity contribution in [1.82, 2.24) is 29.1 Å². The number of ether oxygens (including phenoxy) is 1. The Bertz CT molecular complexity index is 1950. The normalized spacial score (nSPS) is 12.2. The molecule has 2 N–H and O–H groups in total. The molecule has 0 aliphatic carbocycles. The maximum atomic E-state index is 13.5. The van der Waals surface area contributed by atoms with E-state index >= 15 is 0 Å². The van der Waals surface area contributed by atoms with E-state index in [1.165, 1.54) is 18.9 Å². The second kappa shape index (κ2) is 10.3. The predicted octanol–water partition coefficient (Wildman–Crippen LogP) is 4.51. The maximum absolute atomic E-state index is 13.5. The number of thioether (sulfide) groups is 1. The summed E-state index contributed by atoms with van der Waals surface area (Å²) in [5.74, 6) is -0.394. The fourth-order valence-corrected chi connectivity index (χ4v) is 5.39. The smallest absolute Gasteiger partial charge is 0.345 e. The molecule has 0 aliphatic rings. The molecule has 0 spiro atoms. The number of rotatable bonds is 7. The second-order valence-corrected chi connectivity index (χ2v) is 10.2. The van der Waals surface area contributed by atoms with E-state index in [0.29, 0.717) is 33.9 Å². The van der Waals surface area contributed by atoms with E-state index in [-0.39, 0.29) is 28.5 Å². The molecule has 0 saturated heterocycles. The summed E-state index contributed by atoms with van der Waals surface area (Å²) in [6, 6.07) is 22.5. The number of aliphatic hydroxyl groups excluding tert-OH is 1. The molecule has 0 amide bonds. The molecule has 11 heteroatoms. The number of carbonyl (C=O) groups excluding carboxylic acids is 1. The Labute approximate surface area is 232 Å². The number of H-pyrrole nitrogens is 1. The first kappa shape index (κ1) is 25.4. The van der Waals surface area contributed by atoms with Gasteiger partial charge < -0.3 is 14.8 Å². The first-order valence-corrected chi connectivity index (χ1v) is 13.4. The summed E-state index contributed by atoms with van der Waals surface area (Å²) in [4.78, 5) is 33.7. The van der Waals surface area contributed by atoms with Gasteiger partial charge in [0.2, 0.25) is 5.78 Å². The van der Waals surface area contributed by atoms with Crippen LogP contribution in [0.2, 0.25) is 0 Å². The van der Waals surface area contributed by atoms with Crippen LogP contribution in [-0.2, 0) is 16.1 Å². The van der Waals surface area contributed by atoms with Crippen molar-refractivity contribution in [3.8, 4) is 0 Å². The highest BCUT2D eigenvalue weighted by Gasteiger charge is 2.23. The number of hydrogen-bond donors (Lipinski definition) is 2. The molecule has 3 aromatic carbocycles. The molecule has 3 aromatic heterocycles. The number of imidazole rings is 1. The van der Waals surface area contributed by atoms with Gasteiger partial charge >= 0.3 is 5.97 Å². The van der Waals surface area contributed by atoms with Crippen LogP contribution in [0, 0.1) is 6.92 Å². The lowest BCUT2D eigenvalue weighted by molar-refractivity contribution is -0.133. The van der Waals surface area contributed by atoms with Crippen LogP contribution in [0.4, 0.5) is 0 Å². The van der Waals surface area contributed by atoms with Crippen LogP contribution < -0.4 is 5.56 Å². The number of methoxy groups -OCH3 is 1. The van der Waals surface area contributed by atoms with Gasteiger partial charge in [-0.05, 0) is 36.8 Å². The van der Waals surface area contributed by atoms with E-state index < -0.39 is 5.97 Å². The summed E-state index contributed by atoms with van der Waals surface area (Å²) < 4.78 is 8.33. The minimum absolute atomic E-state index is 0.0202. The maximum Gasteiger partial charge on any atom is 0.345 e. The summed E-state index contributed by atoms with van der Waals surface area (Å²) in [6.07, 6.45) is 0. The number of carbonyl (C=O) groups is 1. The van der Waals surface area contributed by atoms with Gasteiger partial charge in [0.15, 0.2) is 5.16 Å². The number of para-hydroxylation sites is 3. The number of aryl methyl sites for hydroxylation is 1. The van der Waals surface area contributed by atoms with E-state index in [0.717, 1.165) is 16.6 Å². The van der Waals surface area contributed by atoms with Gasteiger partial charge in [-0.3, -0.25) is 13.8 Å². The molecule has 10 nitrogen and oxygen atoms in total. The zero-order valence-electron chi connectivity index (χ0n) is 21.7. The van der Waals surface area contributed by atoms with Crippen LogP contribution in [-0.4, -0.2) is 53.1 Å². The van der Waals surface area contributed by atoms with Crippen molar-refractivity contribution in [3.05, 3.63) is 106 Å². The van der Waals surface area contributed by atoms with Crippen molar-refractivity contribution < 1.29 is 14.6 Å². The predicted molar refractivity (Wildman–Crippen MR) is 153 cm³/mol. The monoisotopic (exact) mass is 552 g/mol. The number of aromatic nitrogens is 6. The van der Waals surface area contributed by atoms with Gasteiger partial charge in [0.25, 0.3) is 5.56 Å². The Morgan fingerprint density at radius 2 is 1.77 bits per heavy atom. The summed E-state index contributed by atoms with van der Waals surface area (Å²) in [5.41, 5.74) is 3.86. The molecule has 200 valence electrons. The number of nitrogens with zero attached hydrogens (tertiary/aromatic N) is 5. The Kier molecular flexibility index (Phi) is 6.56. The standard InChI is InChI=1S/C29H24N6O4S/c1-17-11-13-18(14-12-17)15-34-26(37)19-7-3-6-10-22(19)35-28(34)32-33-29(35)40-16-23(36)24(27(38)39-2)25-30-20-8-4-5-9-21(20)31-25/h3-14,36H,15-16H2,1-2H3,(H,30,31). The third-order valence-electron chi connectivity index (χ3n) is 6.58. The fourth-order valence-electron chi connectivity index (χ4n) is 4.58. The molecule has 6 rings (SSSR count). The van der Waals surface area contributed by atoms with Crippen molar-refractivity contribution >= 4 is 51.0 Å². The minimum Gasteiger partial charge on any atom is -0.510 e. The number of benzene rings is 3. The number of fused-ring (bicyclic) bond motifs is 4. The topological polar surface area (TPSA) is 127 Å². The van der Waals surface area contributed by atoms with Crippen LogP contribution in [0.1, 0.15) is 17.0 Å². The number of esters is 1. The number of aliphatic hydroxyl groups is 1. The highest BCUT2D eigenvalue weighted by molar-refractivity contribution is 7.99. The number of hydrogen-bond acceptors (Lipinski definition) is 8. The first-order valence-electron chi connectivity index (χ1n) is 12.4. The van der Waals surface area contributed by atoms with E-state index in [9.17, 15) is 14.7 Å². The second-order valence-electron chi connectivity index (χ2n) is 9.22. The Morgan fingerprint density at radius 3 is 2.55 bits per heavy atom. The van der Waals surface area contributed by atoms with Gasteiger partial charge in [-0.15, -0.1) is 10.2 Å². The molecule has 0 fully saturated rings. The molecule has 40 heavy (non-hydrogen) atoms. The summed E-state index contributed by atoms with van der Waals surface area (Å²) in [6.45, 7) is 2.33. The molecule has 0 unspecified atom stereocenters. The van der Waals surface area contributed by atoms with Gasteiger partial charge in [0, 0.05) is 0 Å². The fraction of sp³-hybridized carbons (Fsp3) is 0.138. The largest absolute Gasteiger partial charge is 0.510 e. The lowest BCUT2D eigenvalue weighted by Crippen LogP contribution is -2.24. The van der Waals surface area contributed by atoms with Gasteiger partial charge in [-0.25, -0.2) is 9.78 Å². The molecular formula is C29H24N6O4S. The molecular weight excluding hydrogens is 528 g/mol. The molecule has 0 saturated carbocycles. The zero-order chi connectivity index (χ0) is 27.8. The Balaban J connectivity index is 1.42. The highest BCUT2D eigenvalue weighted by Crippen LogP contribution is 2.27. The lowest BCUT2D eigenvalue weighted by Gasteiger charge is -2.12. The summed E-state index contributed by atoms with van der Waals surface area (Å²) in [5, 5.41) is 20.7. The molecule has 0 radical (unpaired) electrons. The minimum atomic E-state index is -0.722. The SMILES string of the molecule is COC(=O)C(=C(O)CSc1nnc2n(Cc3ccc(C)cc3)c(=O)c3ccccc3n12)c1nc2ccccc2[nH]1. The average Bonchev–Trinajstić information content (AvgIpc) is 3.59. The third kappa shape index (κ3) is 4.50. The summed E-state index contributed by atoms with van der Waals surface area (Å²) >= 11 is 1.18. The van der Waals surface area contributed by atoms with E-state index in [1.54, 1.807) is 21.1 Å². The summed E-state index contributed by atoms with van der Waals surface area (Å²) in [7, 11) is 1.25. The molecule has 3 heterocycles. The molecule has 0 atom stereocenters. The Hall–Kier alpha value is -4.90. The van der Waals surface area contributed by atoms with Crippen LogP contribution in [0.15, 0.2) is 88.5 Å². The van der Waals surface area contributed by atoms with Crippen LogP contribution in [0.25, 0.3) is 33.3 Å². The number of aromatic amines is 1. The van der Waals surface area contributed by atoms with Gasteiger partial charge in [0.05, 0.1) is 41.3 Å². The van der Waals surface area contributed by atoms with Crippen molar-refractivity contribution in [2.45, 2.75) is 18.6 Å². The van der Waals surface area contributed by atoms with E-state index in [1.807, 2.05) is 67.6 Å². The quantitative estimate of drug-likeness (QED) is 0.128. The van der Waals surface area contributed by atoms with E-state index in [4.69, 9.17) is 4.74 Å². The number of nitrogens with one attached hydrogen (secondary N) is 1. The molecule has 6 aromatic rings. The Morgan fingerprint density at radius 1 is 1.02 bits per heavy atom. The van der Waals surface area contributed by atoms with Gasteiger partial charge in [-0.2, -0.15) is 0 Å². The van der Waals surface area contributed by atoms with Crippen LogP contribution in [0.3, 0.4) is 0 Å². The van der Waals surface area contributed by atoms with Crippen molar-refractivity contribution in [1.29, 1.82) is 0 Å². The highest BCUT2D eigenvalue weighted by atomic mass is 32.2. The van der Waals surface area contributed by atoms with E-state index in [2.05, 4.69) is 20.2 Å². The molecule has 0 aliphatic heterocycles. The van der Waals surface area contributed by atoms with Crippen molar-refractivity contribution in [3.63, 3.8) is 0 Å². The van der Waals surface area contributed by atoms with Crippen LogP contribution in [0.5, 0.6) is 0 Å². The van der Waals surface area contributed by atoms with Crippen molar-refractivity contribution in [2.75, 3.05) is 12.9 Å². The van der Waals surface area contributed by atoms with Crippen LogP contribution >= 0.6 is 11.8 Å². The van der Waals surface area contributed by atoms with Crippen molar-refractivity contribution in [2.24, 2.45) is 0 Å².